The van der Waals surface area contributed by atoms with Crippen molar-refractivity contribution in [3.05, 3.63) is 30.3 Å². The zero-order valence-electron chi connectivity index (χ0n) is 10.9. The fourth-order valence-corrected chi connectivity index (χ4v) is 3.55. The van der Waals surface area contributed by atoms with E-state index in [1.54, 1.807) is 4.90 Å². The summed E-state index contributed by atoms with van der Waals surface area (Å²) in [5.74, 6) is 0.0543. The molecule has 0 radical (unpaired) electrons. The third-order valence-corrected chi connectivity index (χ3v) is 4.65. The van der Waals surface area contributed by atoms with Crippen molar-refractivity contribution in [3.63, 3.8) is 0 Å². The first-order chi connectivity index (χ1) is 9.02. The van der Waals surface area contributed by atoms with E-state index in [9.17, 15) is 13.2 Å². The molecule has 1 aliphatic heterocycles. The van der Waals surface area contributed by atoms with Gasteiger partial charge < -0.3 is 4.90 Å². The van der Waals surface area contributed by atoms with Gasteiger partial charge in [0.2, 0.25) is 15.9 Å². The third kappa shape index (κ3) is 3.54. The lowest BCUT2D eigenvalue weighted by Crippen LogP contribution is -2.38. The van der Waals surface area contributed by atoms with Crippen molar-refractivity contribution in [2.45, 2.75) is 25.8 Å². The number of nitrogens with zero attached hydrogens (tertiary/aromatic N) is 1. The summed E-state index contributed by atoms with van der Waals surface area (Å²) in [5, 5.41) is 0. The summed E-state index contributed by atoms with van der Waals surface area (Å²) in [5.41, 5.74) is 0.810. The standard InChI is InChI=1S/C13H18N2O3S/c1-2-8-19(17,18)14-11-9-13(16)15(10-11)12-6-4-3-5-7-12/h3-7,11,14H,2,8-10H2,1H3/t11-/m1/s1. The number of benzene rings is 1. The van der Waals surface area contributed by atoms with Crippen LogP contribution >= 0.6 is 0 Å². The predicted octanol–water partition coefficient (Wildman–Crippen LogP) is 1.12. The van der Waals surface area contributed by atoms with Crippen molar-refractivity contribution in [2.24, 2.45) is 0 Å². The molecular formula is C13H18N2O3S. The van der Waals surface area contributed by atoms with Crippen LogP contribution in [0.2, 0.25) is 0 Å². The Kier molecular flexibility index (Phi) is 4.21. The molecule has 5 nitrogen and oxygen atoms in total. The second kappa shape index (κ2) is 5.71. The van der Waals surface area contributed by atoms with Crippen LogP contribution in [0, 0.1) is 0 Å². The van der Waals surface area contributed by atoms with Crippen LogP contribution in [0.15, 0.2) is 30.3 Å². The Morgan fingerprint density at radius 2 is 2.00 bits per heavy atom. The molecule has 6 heteroatoms. The molecule has 1 atom stereocenters. The van der Waals surface area contributed by atoms with Crippen molar-refractivity contribution in [3.8, 4) is 0 Å². The second-order valence-electron chi connectivity index (χ2n) is 4.68. The zero-order chi connectivity index (χ0) is 13.9. The van der Waals surface area contributed by atoms with Gasteiger partial charge in [-0.2, -0.15) is 0 Å². The number of rotatable bonds is 5. The van der Waals surface area contributed by atoms with Gasteiger partial charge in [-0.25, -0.2) is 13.1 Å². The number of hydrogen-bond donors (Lipinski definition) is 1. The maximum atomic E-state index is 11.9. The van der Waals surface area contributed by atoms with Gasteiger partial charge in [-0.15, -0.1) is 0 Å². The second-order valence-corrected chi connectivity index (χ2v) is 6.55. The number of hydrogen-bond acceptors (Lipinski definition) is 3. The van der Waals surface area contributed by atoms with E-state index >= 15 is 0 Å². The van der Waals surface area contributed by atoms with Gasteiger partial charge in [0.15, 0.2) is 0 Å². The molecular weight excluding hydrogens is 264 g/mol. The van der Waals surface area contributed by atoms with E-state index in [2.05, 4.69) is 4.72 Å². The van der Waals surface area contributed by atoms with Crippen LogP contribution in [-0.4, -0.2) is 32.7 Å². The van der Waals surface area contributed by atoms with E-state index in [0.717, 1.165) is 5.69 Å². The molecule has 0 unspecified atom stereocenters. The molecule has 0 aromatic heterocycles. The monoisotopic (exact) mass is 282 g/mol. The van der Waals surface area contributed by atoms with Crippen LogP contribution in [0.1, 0.15) is 19.8 Å². The molecule has 1 aliphatic rings. The number of anilines is 1. The summed E-state index contributed by atoms with van der Waals surface area (Å²) >= 11 is 0. The number of nitrogens with one attached hydrogen (secondary N) is 1. The Labute approximate surface area is 113 Å². The van der Waals surface area contributed by atoms with Crippen molar-refractivity contribution in [2.75, 3.05) is 17.2 Å². The maximum Gasteiger partial charge on any atom is 0.228 e. The van der Waals surface area contributed by atoms with Crippen LogP contribution in [0.25, 0.3) is 0 Å². The van der Waals surface area contributed by atoms with Crippen LogP contribution in [0.5, 0.6) is 0 Å². The summed E-state index contributed by atoms with van der Waals surface area (Å²) in [7, 11) is -3.27. The van der Waals surface area contributed by atoms with E-state index in [-0.39, 0.29) is 24.1 Å². The van der Waals surface area contributed by atoms with E-state index < -0.39 is 10.0 Å². The first-order valence-electron chi connectivity index (χ1n) is 6.37. The largest absolute Gasteiger partial charge is 0.311 e. The maximum absolute atomic E-state index is 11.9. The molecule has 104 valence electrons. The Bertz CT molecular complexity index is 542. The van der Waals surface area contributed by atoms with Gasteiger partial charge in [0, 0.05) is 24.7 Å². The number of para-hydroxylation sites is 1. The van der Waals surface area contributed by atoms with E-state index in [1.165, 1.54) is 0 Å². The highest BCUT2D eigenvalue weighted by Gasteiger charge is 2.32. The highest BCUT2D eigenvalue weighted by Crippen LogP contribution is 2.21. The lowest BCUT2D eigenvalue weighted by Gasteiger charge is -2.17. The molecule has 1 fully saturated rings. The summed E-state index contributed by atoms with van der Waals surface area (Å²) < 4.78 is 26.0. The normalized spacial score (nSPS) is 19.9. The van der Waals surface area contributed by atoms with E-state index in [4.69, 9.17) is 0 Å². The fourth-order valence-electron chi connectivity index (χ4n) is 2.23. The number of carbonyl (C=O) groups is 1. The molecule has 1 amide bonds. The van der Waals surface area contributed by atoms with Crippen molar-refractivity contribution in [1.29, 1.82) is 0 Å². The van der Waals surface area contributed by atoms with Crippen LogP contribution in [-0.2, 0) is 14.8 Å². The van der Waals surface area contributed by atoms with Gasteiger partial charge in [-0.1, -0.05) is 25.1 Å². The Morgan fingerprint density at radius 3 is 2.63 bits per heavy atom. The van der Waals surface area contributed by atoms with Gasteiger partial charge >= 0.3 is 0 Å². The lowest BCUT2D eigenvalue weighted by molar-refractivity contribution is -0.117. The molecule has 0 saturated carbocycles. The third-order valence-electron chi connectivity index (χ3n) is 3.01. The molecule has 1 aromatic rings. The molecule has 0 spiro atoms. The van der Waals surface area contributed by atoms with Gasteiger partial charge in [0.1, 0.15) is 0 Å². The molecule has 2 rings (SSSR count). The summed E-state index contributed by atoms with van der Waals surface area (Å²) in [4.78, 5) is 13.5. The van der Waals surface area contributed by atoms with Crippen molar-refractivity contribution in [1.82, 2.24) is 4.72 Å². The van der Waals surface area contributed by atoms with Gasteiger partial charge in [-0.3, -0.25) is 4.79 Å². The van der Waals surface area contributed by atoms with Gasteiger partial charge in [0.25, 0.3) is 0 Å². The van der Waals surface area contributed by atoms with Crippen LogP contribution < -0.4 is 9.62 Å². The smallest absolute Gasteiger partial charge is 0.228 e. The van der Waals surface area contributed by atoms with E-state index in [0.29, 0.717) is 13.0 Å². The highest BCUT2D eigenvalue weighted by atomic mass is 32.2. The fraction of sp³-hybridized carbons (Fsp3) is 0.462. The first-order valence-corrected chi connectivity index (χ1v) is 8.02. The molecule has 1 aromatic carbocycles. The molecule has 1 heterocycles. The average Bonchev–Trinajstić information content (AvgIpc) is 2.70. The summed E-state index contributed by atoms with van der Waals surface area (Å²) in [6, 6.07) is 8.96. The minimum atomic E-state index is -3.27. The topological polar surface area (TPSA) is 66.5 Å². The summed E-state index contributed by atoms with van der Waals surface area (Å²) in [6.07, 6.45) is 0.788. The Morgan fingerprint density at radius 1 is 1.32 bits per heavy atom. The lowest BCUT2D eigenvalue weighted by atomic mass is 10.3. The zero-order valence-corrected chi connectivity index (χ0v) is 11.7. The number of amides is 1. The van der Waals surface area contributed by atoms with Crippen LogP contribution in [0.3, 0.4) is 0 Å². The average molecular weight is 282 g/mol. The van der Waals surface area contributed by atoms with Gasteiger partial charge in [0.05, 0.1) is 5.75 Å². The van der Waals surface area contributed by atoms with Crippen molar-refractivity contribution >= 4 is 21.6 Å². The predicted molar refractivity (Wildman–Crippen MR) is 74.4 cm³/mol. The molecule has 0 bridgehead atoms. The SMILES string of the molecule is CCCS(=O)(=O)N[C@@H]1CC(=O)N(c2ccccc2)C1. The van der Waals surface area contributed by atoms with Crippen LogP contribution in [0.4, 0.5) is 5.69 Å². The first kappa shape index (κ1) is 14.0. The summed E-state index contributed by atoms with van der Waals surface area (Å²) in [6.45, 7) is 2.21. The molecule has 1 N–H and O–H groups in total. The quantitative estimate of drug-likeness (QED) is 0.880. The van der Waals surface area contributed by atoms with Crippen molar-refractivity contribution < 1.29 is 13.2 Å². The minimum Gasteiger partial charge on any atom is -0.311 e. The Hall–Kier alpha value is -1.40. The molecule has 0 aliphatic carbocycles. The number of carbonyl (C=O) groups excluding carboxylic acids is 1. The molecule has 1 saturated heterocycles. The minimum absolute atomic E-state index is 0.0459. The van der Waals surface area contributed by atoms with E-state index in [1.807, 2.05) is 37.3 Å². The number of sulfonamides is 1. The molecule has 19 heavy (non-hydrogen) atoms. The Balaban J connectivity index is 2.04. The highest BCUT2D eigenvalue weighted by molar-refractivity contribution is 7.89. The van der Waals surface area contributed by atoms with Gasteiger partial charge in [-0.05, 0) is 18.6 Å².